The summed E-state index contributed by atoms with van der Waals surface area (Å²) in [5, 5.41) is 5.20. The van der Waals surface area contributed by atoms with Crippen molar-refractivity contribution in [1.29, 1.82) is 0 Å². The van der Waals surface area contributed by atoms with Gasteiger partial charge in [-0.2, -0.15) is 5.10 Å². The minimum absolute atomic E-state index is 0.140. The molecule has 1 fully saturated rings. The maximum atomic E-state index is 12.9. The minimum Gasteiger partial charge on any atom is -0.299 e. The second-order valence-corrected chi connectivity index (χ2v) is 9.04. The van der Waals surface area contributed by atoms with Gasteiger partial charge in [0.1, 0.15) is 5.78 Å². The van der Waals surface area contributed by atoms with Crippen LogP contribution >= 0.6 is 0 Å². The third-order valence-electron chi connectivity index (χ3n) is 5.89. The van der Waals surface area contributed by atoms with Crippen LogP contribution in [0.15, 0.2) is 36.8 Å². The predicted molar refractivity (Wildman–Crippen MR) is 115 cm³/mol. The zero-order chi connectivity index (χ0) is 20.6. The topological polar surface area (TPSA) is 63.9 Å². The second kappa shape index (κ2) is 7.67. The molecule has 0 amide bonds. The first-order valence-electron chi connectivity index (χ1n) is 10.3. The normalized spacial score (nSPS) is 16.4. The molecule has 0 N–H and O–H groups in total. The van der Waals surface area contributed by atoms with E-state index in [4.69, 9.17) is 4.98 Å². The molecule has 0 spiro atoms. The lowest BCUT2D eigenvalue weighted by Gasteiger charge is -2.40. The molecule has 3 aromatic heterocycles. The van der Waals surface area contributed by atoms with E-state index in [1.54, 1.807) is 4.68 Å². The Morgan fingerprint density at radius 3 is 2.59 bits per heavy atom. The molecule has 0 saturated carbocycles. The number of pyridine rings is 2. The van der Waals surface area contributed by atoms with E-state index in [1.807, 2.05) is 43.8 Å². The second-order valence-electron chi connectivity index (χ2n) is 9.04. The summed E-state index contributed by atoms with van der Waals surface area (Å²) in [6.45, 7) is 8.69. The summed E-state index contributed by atoms with van der Waals surface area (Å²) < 4.78 is 1.77. The fraction of sp³-hybridized carbons (Fsp3) is 0.478. The summed E-state index contributed by atoms with van der Waals surface area (Å²) in [7, 11) is 1.89. The third kappa shape index (κ3) is 4.37. The number of piperidine rings is 1. The average Bonchev–Trinajstić information content (AvgIpc) is 3.13. The molecule has 0 atom stereocenters. The zero-order valence-corrected chi connectivity index (χ0v) is 17.7. The van der Waals surface area contributed by atoms with Crippen LogP contribution in [0.2, 0.25) is 0 Å². The van der Waals surface area contributed by atoms with Crippen LogP contribution in [0, 0.1) is 5.92 Å². The van der Waals surface area contributed by atoms with Crippen molar-refractivity contribution >= 4 is 16.7 Å². The van der Waals surface area contributed by atoms with Gasteiger partial charge in [0.2, 0.25) is 0 Å². The minimum atomic E-state index is 0.140. The van der Waals surface area contributed by atoms with Crippen molar-refractivity contribution in [2.75, 3.05) is 13.1 Å². The van der Waals surface area contributed by atoms with E-state index in [2.05, 4.69) is 35.8 Å². The Bertz CT molecular complexity index is 1030. The average molecular weight is 392 g/mol. The number of rotatable bonds is 4. The number of Topliss-reactive ketones (excluding diaryl/α,β-unsaturated/α-hetero) is 1. The van der Waals surface area contributed by atoms with Crippen molar-refractivity contribution in [3.63, 3.8) is 0 Å². The van der Waals surface area contributed by atoms with Crippen LogP contribution in [0.25, 0.3) is 22.2 Å². The molecule has 6 heteroatoms. The quantitative estimate of drug-likeness (QED) is 0.679. The van der Waals surface area contributed by atoms with Gasteiger partial charge in [-0.1, -0.05) is 0 Å². The van der Waals surface area contributed by atoms with Crippen molar-refractivity contribution in [3.05, 3.63) is 42.5 Å². The number of ketones is 1. The number of nitrogens with zero attached hydrogens (tertiary/aromatic N) is 5. The maximum absolute atomic E-state index is 12.9. The number of aryl methyl sites for hydroxylation is 1. The van der Waals surface area contributed by atoms with Gasteiger partial charge in [0.05, 0.1) is 17.4 Å². The lowest BCUT2D eigenvalue weighted by Crippen LogP contribution is -2.47. The molecule has 0 aromatic carbocycles. The standard InChI is InChI=1S/C23H29N5O/c1-23(2,3)28-9-7-16(8-10-28)22(29)12-19-11-21-17(13-24-19)5-6-20(26-21)18-14-25-27(4)15-18/h5-6,11,13-16H,7-10,12H2,1-4H3. The van der Waals surface area contributed by atoms with Crippen LogP contribution < -0.4 is 0 Å². The first-order valence-corrected chi connectivity index (χ1v) is 10.3. The van der Waals surface area contributed by atoms with Crippen molar-refractivity contribution in [2.45, 2.75) is 45.6 Å². The Kier molecular flexibility index (Phi) is 5.21. The number of carbonyl (C=O) groups is 1. The number of likely N-dealkylation sites (tertiary alicyclic amines) is 1. The van der Waals surface area contributed by atoms with E-state index in [9.17, 15) is 4.79 Å². The van der Waals surface area contributed by atoms with Gasteiger partial charge >= 0.3 is 0 Å². The van der Waals surface area contributed by atoms with E-state index in [-0.39, 0.29) is 11.5 Å². The Labute approximate surface area is 172 Å². The first-order chi connectivity index (χ1) is 13.8. The van der Waals surface area contributed by atoms with Crippen LogP contribution in [0.4, 0.5) is 0 Å². The van der Waals surface area contributed by atoms with E-state index in [1.165, 1.54) is 0 Å². The van der Waals surface area contributed by atoms with Crippen molar-refractivity contribution < 1.29 is 4.79 Å². The molecular formula is C23H29N5O. The van der Waals surface area contributed by atoms with Gasteiger partial charge in [0, 0.05) is 54.0 Å². The highest BCUT2D eigenvalue weighted by molar-refractivity contribution is 5.85. The number of carbonyl (C=O) groups excluding carboxylic acids is 1. The summed E-state index contributed by atoms with van der Waals surface area (Å²) in [5.74, 6) is 0.439. The van der Waals surface area contributed by atoms with Crippen molar-refractivity contribution in [1.82, 2.24) is 24.6 Å². The SMILES string of the molecule is Cn1cc(-c2ccc3cnc(CC(=O)C4CCN(C(C)(C)C)CC4)cc3n2)cn1. The van der Waals surface area contributed by atoms with Crippen LogP contribution in [-0.4, -0.2) is 49.1 Å². The summed E-state index contributed by atoms with van der Waals surface area (Å²) in [6, 6.07) is 5.96. The third-order valence-corrected chi connectivity index (χ3v) is 5.89. The lowest BCUT2D eigenvalue weighted by molar-refractivity contribution is -0.124. The molecule has 29 heavy (non-hydrogen) atoms. The van der Waals surface area contributed by atoms with Crippen LogP contribution in [0.1, 0.15) is 39.3 Å². The van der Waals surface area contributed by atoms with Gasteiger partial charge in [-0.3, -0.25) is 19.4 Å². The monoisotopic (exact) mass is 391 g/mol. The molecule has 6 nitrogen and oxygen atoms in total. The highest BCUT2D eigenvalue weighted by Gasteiger charge is 2.30. The number of hydrogen-bond acceptors (Lipinski definition) is 5. The van der Waals surface area contributed by atoms with E-state index in [0.29, 0.717) is 12.2 Å². The van der Waals surface area contributed by atoms with Gasteiger partial charge in [0.15, 0.2) is 0 Å². The molecule has 4 rings (SSSR count). The molecule has 4 heterocycles. The van der Waals surface area contributed by atoms with E-state index in [0.717, 1.165) is 53.8 Å². The van der Waals surface area contributed by atoms with Gasteiger partial charge in [0.25, 0.3) is 0 Å². The van der Waals surface area contributed by atoms with Crippen LogP contribution in [0.3, 0.4) is 0 Å². The first kappa shape index (κ1) is 19.7. The smallest absolute Gasteiger partial charge is 0.142 e. The molecule has 1 aliphatic rings. The van der Waals surface area contributed by atoms with Crippen molar-refractivity contribution in [2.24, 2.45) is 13.0 Å². The van der Waals surface area contributed by atoms with Gasteiger partial charge in [-0.05, 0) is 64.9 Å². The summed E-state index contributed by atoms with van der Waals surface area (Å²) in [6.07, 6.45) is 7.84. The predicted octanol–water partition coefficient (Wildman–Crippen LogP) is 3.65. The number of aromatic nitrogens is 4. The Morgan fingerprint density at radius 2 is 1.93 bits per heavy atom. The van der Waals surface area contributed by atoms with Crippen LogP contribution in [-0.2, 0) is 18.3 Å². The van der Waals surface area contributed by atoms with Crippen molar-refractivity contribution in [3.8, 4) is 11.3 Å². The highest BCUT2D eigenvalue weighted by Crippen LogP contribution is 2.26. The highest BCUT2D eigenvalue weighted by atomic mass is 16.1. The fourth-order valence-corrected chi connectivity index (χ4v) is 4.06. The number of fused-ring (bicyclic) bond motifs is 1. The Morgan fingerprint density at radius 1 is 1.17 bits per heavy atom. The fourth-order valence-electron chi connectivity index (χ4n) is 4.06. The largest absolute Gasteiger partial charge is 0.299 e. The molecule has 152 valence electrons. The molecule has 1 saturated heterocycles. The molecule has 0 unspecified atom stereocenters. The lowest BCUT2D eigenvalue weighted by atomic mass is 9.88. The number of hydrogen-bond donors (Lipinski definition) is 0. The Hall–Kier alpha value is -2.60. The van der Waals surface area contributed by atoms with Gasteiger partial charge in [-0.25, -0.2) is 4.98 Å². The zero-order valence-electron chi connectivity index (χ0n) is 17.7. The Balaban J connectivity index is 1.47. The van der Waals surface area contributed by atoms with Gasteiger partial charge in [-0.15, -0.1) is 0 Å². The summed E-state index contributed by atoms with van der Waals surface area (Å²) in [5.41, 5.74) is 3.70. The van der Waals surface area contributed by atoms with E-state index >= 15 is 0 Å². The molecule has 3 aromatic rings. The van der Waals surface area contributed by atoms with Crippen LogP contribution in [0.5, 0.6) is 0 Å². The van der Waals surface area contributed by atoms with Gasteiger partial charge < -0.3 is 0 Å². The maximum Gasteiger partial charge on any atom is 0.142 e. The molecule has 0 aliphatic carbocycles. The molecule has 0 bridgehead atoms. The molecule has 0 radical (unpaired) electrons. The molecule has 1 aliphatic heterocycles. The van der Waals surface area contributed by atoms with E-state index < -0.39 is 0 Å². The molecular weight excluding hydrogens is 362 g/mol. The summed E-state index contributed by atoms with van der Waals surface area (Å²) in [4.78, 5) is 24.6. The summed E-state index contributed by atoms with van der Waals surface area (Å²) >= 11 is 0.